The summed E-state index contributed by atoms with van der Waals surface area (Å²) < 4.78 is 6.19. The Morgan fingerprint density at radius 1 is 0.895 bits per heavy atom. The van der Waals surface area contributed by atoms with Gasteiger partial charge in [0.1, 0.15) is 11.4 Å². The normalized spacial score (nSPS) is 10.7. The number of carbonyl (C=O) groups is 2. The van der Waals surface area contributed by atoms with Gasteiger partial charge in [-0.3, -0.25) is 25.0 Å². The fourth-order valence-corrected chi connectivity index (χ4v) is 3.91. The maximum Gasteiger partial charge on any atom is 0.357 e. The first-order chi connectivity index (χ1) is 18.1. The highest BCUT2D eigenvalue weighted by molar-refractivity contribution is 6.17. The molecule has 0 N–H and O–H groups in total. The molecule has 0 saturated heterocycles. The highest BCUT2D eigenvalue weighted by atomic mass is 16.6. The maximum atomic E-state index is 13.9. The molecule has 0 bridgehead atoms. The summed E-state index contributed by atoms with van der Waals surface area (Å²) in [5.74, 6) is -1.47. The second-order valence-corrected chi connectivity index (χ2v) is 8.45. The van der Waals surface area contributed by atoms with E-state index in [9.17, 15) is 29.8 Å². The van der Waals surface area contributed by atoms with E-state index in [1.54, 1.807) is 55.5 Å². The van der Waals surface area contributed by atoms with E-state index in [1.165, 1.54) is 0 Å². The third-order valence-electron chi connectivity index (χ3n) is 5.81. The van der Waals surface area contributed by atoms with Crippen molar-refractivity contribution in [1.82, 2.24) is 9.78 Å². The van der Waals surface area contributed by atoms with Gasteiger partial charge in [-0.1, -0.05) is 59.7 Å². The van der Waals surface area contributed by atoms with Gasteiger partial charge in [-0.05, 0) is 26.8 Å². The predicted octanol–water partition coefficient (Wildman–Crippen LogP) is 5.38. The molecule has 0 radical (unpaired) electrons. The van der Waals surface area contributed by atoms with Crippen molar-refractivity contribution >= 4 is 23.1 Å². The van der Waals surface area contributed by atoms with Gasteiger partial charge in [-0.25, -0.2) is 9.48 Å². The summed E-state index contributed by atoms with van der Waals surface area (Å²) in [6.07, 6.45) is 0. The number of esters is 1. The number of aromatic nitrogens is 2. The summed E-state index contributed by atoms with van der Waals surface area (Å²) in [6, 6.07) is 16.7. The zero-order valence-corrected chi connectivity index (χ0v) is 20.7. The number of rotatable bonds is 8. The Bertz CT molecular complexity index is 1570. The maximum absolute atomic E-state index is 13.9. The van der Waals surface area contributed by atoms with Crippen LogP contribution in [0.15, 0.2) is 66.7 Å². The Morgan fingerprint density at radius 2 is 1.50 bits per heavy atom. The van der Waals surface area contributed by atoms with Crippen LogP contribution in [0, 0.1) is 34.1 Å². The highest BCUT2D eigenvalue weighted by Crippen LogP contribution is 2.34. The Kier molecular flexibility index (Phi) is 7.10. The van der Waals surface area contributed by atoms with Gasteiger partial charge in [0.15, 0.2) is 11.5 Å². The lowest BCUT2D eigenvalue weighted by molar-refractivity contribution is -0.394. The lowest BCUT2D eigenvalue weighted by atomic mass is 9.96. The lowest BCUT2D eigenvalue weighted by Crippen LogP contribution is -2.17. The summed E-state index contributed by atoms with van der Waals surface area (Å²) in [6.45, 7) is 5.28. The number of carbonyl (C=O) groups excluding carboxylic acids is 2. The zero-order valence-electron chi connectivity index (χ0n) is 20.7. The summed E-state index contributed by atoms with van der Waals surface area (Å²) >= 11 is 0. The van der Waals surface area contributed by atoms with Crippen molar-refractivity contribution < 1.29 is 24.2 Å². The van der Waals surface area contributed by atoms with Crippen LogP contribution >= 0.6 is 0 Å². The van der Waals surface area contributed by atoms with E-state index in [4.69, 9.17) is 4.74 Å². The first-order valence-corrected chi connectivity index (χ1v) is 11.5. The van der Waals surface area contributed by atoms with Crippen LogP contribution < -0.4 is 0 Å². The van der Waals surface area contributed by atoms with Gasteiger partial charge in [0.05, 0.1) is 28.1 Å². The Labute approximate surface area is 216 Å². The van der Waals surface area contributed by atoms with Crippen LogP contribution in [0.5, 0.6) is 0 Å². The molecule has 3 aromatic carbocycles. The molecule has 0 amide bonds. The first-order valence-electron chi connectivity index (χ1n) is 11.5. The van der Waals surface area contributed by atoms with Crippen LogP contribution in [-0.2, 0) is 4.74 Å². The molecule has 0 atom stereocenters. The smallest absolute Gasteiger partial charge is 0.357 e. The van der Waals surface area contributed by atoms with Gasteiger partial charge in [0.2, 0.25) is 0 Å². The topological polar surface area (TPSA) is 147 Å². The predicted molar refractivity (Wildman–Crippen MR) is 138 cm³/mol. The number of nitrogens with zero attached hydrogens (tertiary/aromatic N) is 4. The number of ketones is 1. The molecule has 0 spiro atoms. The molecular formula is C27H22N4O7. The molecule has 192 valence electrons. The molecule has 4 aromatic rings. The van der Waals surface area contributed by atoms with E-state index in [0.29, 0.717) is 5.56 Å². The SMILES string of the molecule is CCOC(=O)c1c(C(=O)c2ccc(C)cc2)c(-c2ccc(C)cc2)nn1-c1ccc([N+](=O)[O-])cc1[N+](=O)[O-]. The van der Waals surface area contributed by atoms with Crippen LogP contribution in [0.4, 0.5) is 11.4 Å². The summed E-state index contributed by atoms with van der Waals surface area (Å²) in [4.78, 5) is 48.8. The number of nitro groups is 2. The van der Waals surface area contributed by atoms with E-state index in [-0.39, 0.29) is 34.8 Å². The molecule has 0 aliphatic carbocycles. The third kappa shape index (κ3) is 4.89. The molecule has 0 saturated carbocycles. The second-order valence-electron chi connectivity index (χ2n) is 8.45. The molecule has 11 nitrogen and oxygen atoms in total. The van der Waals surface area contributed by atoms with Crippen molar-refractivity contribution in [3.63, 3.8) is 0 Å². The minimum atomic E-state index is -0.929. The molecule has 11 heteroatoms. The number of hydrogen-bond donors (Lipinski definition) is 0. The van der Waals surface area contributed by atoms with Gasteiger partial charge in [-0.2, -0.15) is 5.10 Å². The molecule has 0 unspecified atom stereocenters. The van der Waals surface area contributed by atoms with E-state index in [0.717, 1.165) is 34.0 Å². The molecule has 0 aliphatic rings. The number of nitro benzene ring substituents is 2. The molecule has 0 fully saturated rings. The van der Waals surface area contributed by atoms with Crippen molar-refractivity contribution in [3.8, 4) is 16.9 Å². The van der Waals surface area contributed by atoms with Crippen LogP contribution in [-0.4, -0.2) is 38.0 Å². The molecule has 4 rings (SSSR count). The molecule has 38 heavy (non-hydrogen) atoms. The molecule has 0 aliphatic heterocycles. The van der Waals surface area contributed by atoms with Gasteiger partial charge >= 0.3 is 11.7 Å². The average Bonchev–Trinajstić information content (AvgIpc) is 3.29. The van der Waals surface area contributed by atoms with Crippen molar-refractivity contribution in [2.75, 3.05) is 6.61 Å². The number of ether oxygens (including phenoxy) is 1. The van der Waals surface area contributed by atoms with Crippen LogP contribution in [0.25, 0.3) is 16.9 Å². The van der Waals surface area contributed by atoms with Crippen molar-refractivity contribution in [2.45, 2.75) is 20.8 Å². The number of aryl methyl sites for hydroxylation is 2. The van der Waals surface area contributed by atoms with Gasteiger partial charge < -0.3 is 4.74 Å². The van der Waals surface area contributed by atoms with E-state index in [1.807, 2.05) is 13.8 Å². The lowest BCUT2D eigenvalue weighted by Gasteiger charge is -2.09. The van der Waals surface area contributed by atoms with Crippen molar-refractivity contribution in [2.24, 2.45) is 0 Å². The fourth-order valence-electron chi connectivity index (χ4n) is 3.91. The minimum Gasteiger partial charge on any atom is -0.461 e. The summed E-state index contributed by atoms with van der Waals surface area (Å²) in [7, 11) is 0. The largest absolute Gasteiger partial charge is 0.461 e. The minimum absolute atomic E-state index is 0.0373. The fraction of sp³-hybridized carbons (Fsp3) is 0.148. The highest BCUT2D eigenvalue weighted by Gasteiger charge is 2.34. The van der Waals surface area contributed by atoms with E-state index in [2.05, 4.69) is 5.10 Å². The monoisotopic (exact) mass is 514 g/mol. The summed E-state index contributed by atoms with van der Waals surface area (Å²) in [5, 5.41) is 27.7. The Hall–Kier alpha value is -5.19. The van der Waals surface area contributed by atoms with Crippen LogP contribution in [0.3, 0.4) is 0 Å². The first kappa shape index (κ1) is 25.9. The Morgan fingerprint density at radius 3 is 2.05 bits per heavy atom. The number of non-ortho nitro benzene ring substituents is 1. The van der Waals surface area contributed by atoms with Gasteiger partial charge in [0, 0.05) is 17.2 Å². The summed E-state index contributed by atoms with van der Waals surface area (Å²) in [5.41, 5.74) is 0.864. The third-order valence-corrected chi connectivity index (χ3v) is 5.81. The second kappa shape index (κ2) is 10.4. The van der Waals surface area contributed by atoms with Gasteiger partial charge in [0.25, 0.3) is 5.69 Å². The van der Waals surface area contributed by atoms with Crippen LogP contribution in [0.1, 0.15) is 44.5 Å². The van der Waals surface area contributed by atoms with E-state index >= 15 is 0 Å². The zero-order chi connectivity index (χ0) is 27.6. The standard InChI is InChI=1S/C27H22N4O7/c1-4-38-27(33)25-23(26(32)19-11-7-17(3)8-12-19)24(18-9-5-16(2)6-10-18)28-29(25)21-14-13-20(30(34)35)15-22(21)31(36)37/h5-15H,4H2,1-3H3. The van der Waals surface area contributed by atoms with Gasteiger partial charge in [-0.15, -0.1) is 0 Å². The average molecular weight is 514 g/mol. The van der Waals surface area contributed by atoms with E-state index < -0.39 is 33.0 Å². The number of benzene rings is 3. The number of hydrogen-bond acceptors (Lipinski definition) is 8. The van der Waals surface area contributed by atoms with Crippen molar-refractivity contribution in [1.29, 1.82) is 0 Å². The molecule has 1 heterocycles. The molecular weight excluding hydrogens is 492 g/mol. The van der Waals surface area contributed by atoms with Crippen LogP contribution in [0.2, 0.25) is 0 Å². The molecule has 1 aromatic heterocycles. The quantitative estimate of drug-likeness (QED) is 0.132. The Balaban J connectivity index is 2.09. The van der Waals surface area contributed by atoms with Crippen molar-refractivity contribution in [3.05, 3.63) is 115 Å².